The largest absolute Gasteiger partial charge is 0.378 e. The molecule has 0 bridgehead atoms. The molecule has 0 spiro atoms. The zero-order chi connectivity index (χ0) is 15.6. The lowest BCUT2D eigenvalue weighted by Gasteiger charge is -2.11. The third-order valence-corrected chi connectivity index (χ3v) is 3.93. The highest BCUT2D eigenvalue weighted by Crippen LogP contribution is 2.19. The molecule has 1 N–H and O–H groups in total. The third kappa shape index (κ3) is 3.53. The number of aryl methyl sites for hydroxylation is 2. The minimum Gasteiger partial charge on any atom is -0.378 e. The smallest absolute Gasteiger partial charge is 0.283 e. The summed E-state index contributed by atoms with van der Waals surface area (Å²) in [6.45, 7) is 8.99. The van der Waals surface area contributed by atoms with Gasteiger partial charge in [-0.25, -0.2) is 4.68 Å². The average molecular weight is 355 g/mol. The summed E-state index contributed by atoms with van der Waals surface area (Å²) < 4.78 is 7.08. The summed E-state index contributed by atoms with van der Waals surface area (Å²) in [5.41, 5.74) is 2.37. The number of aromatic nitrogens is 3. The topological polar surface area (TPSA) is 73.0 Å². The fourth-order valence-electron chi connectivity index (χ4n) is 2.00. The molecule has 0 aliphatic rings. The van der Waals surface area contributed by atoms with Crippen LogP contribution in [0.2, 0.25) is 0 Å². The van der Waals surface area contributed by atoms with Gasteiger partial charge in [0, 0.05) is 18.7 Å². The summed E-state index contributed by atoms with van der Waals surface area (Å²) >= 11 is 3.35. The van der Waals surface area contributed by atoms with Crippen LogP contribution in [-0.4, -0.2) is 14.9 Å². The number of nitrogens with one attached hydrogen (secondary N) is 1. The van der Waals surface area contributed by atoms with Crippen molar-refractivity contribution in [1.29, 1.82) is 0 Å². The van der Waals surface area contributed by atoms with Gasteiger partial charge in [0.05, 0.1) is 17.6 Å². The Hall–Kier alpha value is -1.63. The Morgan fingerprint density at radius 1 is 1.43 bits per heavy atom. The quantitative estimate of drug-likeness (QED) is 0.893. The molecule has 2 rings (SSSR count). The van der Waals surface area contributed by atoms with E-state index in [4.69, 9.17) is 4.52 Å². The van der Waals surface area contributed by atoms with Crippen molar-refractivity contribution in [3.63, 3.8) is 0 Å². The van der Waals surface area contributed by atoms with E-state index in [-0.39, 0.29) is 5.56 Å². The molecule has 0 saturated carbocycles. The maximum atomic E-state index is 12.2. The van der Waals surface area contributed by atoms with E-state index in [1.165, 1.54) is 4.68 Å². The molecule has 2 heterocycles. The Kier molecular flexibility index (Phi) is 4.82. The Morgan fingerprint density at radius 2 is 2.14 bits per heavy atom. The van der Waals surface area contributed by atoms with E-state index in [1.807, 2.05) is 27.7 Å². The summed E-state index contributed by atoms with van der Waals surface area (Å²) in [6, 6.07) is 0. The number of hydrogen-bond donors (Lipinski definition) is 1. The highest BCUT2D eigenvalue weighted by Gasteiger charge is 2.12. The fraction of sp³-hybridized carbons (Fsp3) is 0.500. The molecule has 0 radical (unpaired) electrons. The predicted octanol–water partition coefficient (Wildman–Crippen LogP) is 2.88. The number of hydrogen-bond acceptors (Lipinski definition) is 5. The van der Waals surface area contributed by atoms with Gasteiger partial charge in [0.25, 0.3) is 5.56 Å². The first-order valence-electron chi connectivity index (χ1n) is 6.81. The zero-order valence-electron chi connectivity index (χ0n) is 12.6. The van der Waals surface area contributed by atoms with Gasteiger partial charge in [-0.2, -0.15) is 5.10 Å². The normalized spacial score (nSPS) is 11.1. The molecule has 0 saturated heterocycles. The van der Waals surface area contributed by atoms with Crippen LogP contribution in [0.15, 0.2) is 20.0 Å². The lowest BCUT2D eigenvalue weighted by Crippen LogP contribution is -2.26. The van der Waals surface area contributed by atoms with Crippen LogP contribution in [0.25, 0.3) is 0 Å². The van der Waals surface area contributed by atoms with E-state index < -0.39 is 0 Å². The standard InChI is InChI=1S/C14H19BrN4O2/c1-8(2)7-19-14(20)13(15)12(6-17-19)16-5-11-9(3)18-21-10(11)4/h6,8,16H,5,7H2,1-4H3. The molecule has 0 aliphatic carbocycles. The zero-order valence-corrected chi connectivity index (χ0v) is 14.2. The summed E-state index contributed by atoms with van der Waals surface area (Å²) in [5, 5.41) is 11.3. The predicted molar refractivity (Wildman–Crippen MR) is 84.3 cm³/mol. The minimum absolute atomic E-state index is 0.132. The van der Waals surface area contributed by atoms with E-state index in [1.54, 1.807) is 6.20 Å². The van der Waals surface area contributed by atoms with Gasteiger partial charge in [-0.1, -0.05) is 19.0 Å². The van der Waals surface area contributed by atoms with E-state index in [0.717, 1.165) is 17.0 Å². The summed E-state index contributed by atoms with van der Waals surface area (Å²) in [4.78, 5) is 12.2. The van der Waals surface area contributed by atoms with E-state index in [0.29, 0.717) is 29.2 Å². The van der Waals surface area contributed by atoms with Gasteiger partial charge in [0.15, 0.2) is 0 Å². The summed E-state index contributed by atoms with van der Waals surface area (Å²) in [5.74, 6) is 1.14. The lowest BCUT2D eigenvalue weighted by atomic mass is 10.2. The van der Waals surface area contributed by atoms with Gasteiger partial charge in [0.1, 0.15) is 10.2 Å². The Balaban J connectivity index is 2.18. The summed E-state index contributed by atoms with van der Waals surface area (Å²) in [6.07, 6.45) is 1.66. The number of halogens is 1. The molecule has 6 nitrogen and oxygen atoms in total. The van der Waals surface area contributed by atoms with Crippen LogP contribution in [0, 0.1) is 19.8 Å². The van der Waals surface area contributed by atoms with E-state index in [9.17, 15) is 4.79 Å². The molecule has 2 aromatic heterocycles. The van der Waals surface area contributed by atoms with Crippen molar-refractivity contribution < 1.29 is 4.52 Å². The molecule has 21 heavy (non-hydrogen) atoms. The monoisotopic (exact) mass is 354 g/mol. The molecular formula is C14H19BrN4O2. The van der Waals surface area contributed by atoms with Crippen LogP contribution in [0.4, 0.5) is 5.69 Å². The number of anilines is 1. The minimum atomic E-state index is -0.132. The van der Waals surface area contributed by atoms with Crippen molar-refractivity contribution in [2.75, 3.05) is 5.32 Å². The molecule has 0 atom stereocenters. The van der Waals surface area contributed by atoms with Crippen LogP contribution >= 0.6 is 15.9 Å². The lowest BCUT2D eigenvalue weighted by molar-refractivity contribution is 0.392. The first-order chi connectivity index (χ1) is 9.90. The van der Waals surface area contributed by atoms with Crippen molar-refractivity contribution in [2.24, 2.45) is 5.92 Å². The van der Waals surface area contributed by atoms with Crippen LogP contribution in [0.5, 0.6) is 0 Å². The highest BCUT2D eigenvalue weighted by molar-refractivity contribution is 9.10. The first kappa shape index (κ1) is 15.8. The Bertz CT molecular complexity index is 671. The van der Waals surface area contributed by atoms with Crippen molar-refractivity contribution in [2.45, 2.75) is 40.8 Å². The van der Waals surface area contributed by atoms with Crippen molar-refractivity contribution in [3.05, 3.63) is 38.0 Å². The van der Waals surface area contributed by atoms with Crippen molar-refractivity contribution in [3.8, 4) is 0 Å². The van der Waals surface area contributed by atoms with Crippen LogP contribution in [-0.2, 0) is 13.1 Å². The van der Waals surface area contributed by atoms with Gasteiger partial charge >= 0.3 is 0 Å². The van der Waals surface area contributed by atoms with Crippen LogP contribution < -0.4 is 10.9 Å². The van der Waals surface area contributed by atoms with E-state index >= 15 is 0 Å². The maximum absolute atomic E-state index is 12.2. The first-order valence-corrected chi connectivity index (χ1v) is 7.60. The van der Waals surface area contributed by atoms with E-state index in [2.05, 4.69) is 31.5 Å². The molecule has 0 unspecified atom stereocenters. The molecular weight excluding hydrogens is 336 g/mol. The van der Waals surface area contributed by atoms with Gasteiger partial charge in [0.2, 0.25) is 0 Å². The average Bonchev–Trinajstić information content (AvgIpc) is 2.74. The molecule has 0 fully saturated rings. The molecule has 2 aromatic rings. The van der Waals surface area contributed by atoms with Gasteiger partial charge in [-0.15, -0.1) is 0 Å². The van der Waals surface area contributed by atoms with Crippen LogP contribution in [0.1, 0.15) is 30.9 Å². The Morgan fingerprint density at radius 3 is 2.71 bits per heavy atom. The Labute approximate surface area is 131 Å². The fourth-order valence-corrected chi connectivity index (χ4v) is 2.45. The van der Waals surface area contributed by atoms with Crippen molar-refractivity contribution >= 4 is 21.6 Å². The van der Waals surface area contributed by atoms with Crippen molar-refractivity contribution in [1.82, 2.24) is 14.9 Å². The molecule has 0 aliphatic heterocycles. The summed E-state index contributed by atoms with van der Waals surface area (Å²) in [7, 11) is 0. The number of rotatable bonds is 5. The molecule has 114 valence electrons. The second-order valence-corrected chi connectivity index (χ2v) is 6.20. The van der Waals surface area contributed by atoms with Gasteiger partial charge in [-0.05, 0) is 35.7 Å². The SMILES string of the molecule is Cc1noc(C)c1CNc1cnn(CC(C)C)c(=O)c1Br. The van der Waals surface area contributed by atoms with Crippen LogP contribution in [0.3, 0.4) is 0 Å². The molecule has 0 amide bonds. The second-order valence-electron chi connectivity index (χ2n) is 5.41. The molecule has 0 aromatic carbocycles. The highest BCUT2D eigenvalue weighted by atomic mass is 79.9. The third-order valence-electron chi connectivity index (χ3n) is 3.16. The van der Waals surface area contributed by atoms with Gasteiger partial charge < -0.3 is 9.84 Å². The second kappa shape index (κ2) is 6.43. The maximum Gasteiger partial charge on any atom is 0.283 e. The molecule has 7 heteroatoms. The van der Waals surface area contributed by atoms with Gasteiger partial charge in [-0.3, -0.25) is 4.79 Å². The number of nitrogens with zero attached hydrogens (tertiary/aromatic N) is 3.